The van der Waals surface area contributed by atoms with E-state index in [0.717, 1.165) is 0 Å². The molecule has 0 aromatic carbocycles. The fourth-order valence-corrected chi connectivity index (χ4v) is 0.764. The van der Waals surface area contributed by atoms with Gasteiger partial charge in [0, 0.05) is 0 Å². The summed E-state index contributed by atoms with van der Waals surface area (Å²) in [6.45, 7) is 0. The Morgan fingerprint density at radius 1 is 0.722 bits per heavy atom. The van der Waals surface area contributed by atoms with Gasteiger partial charge in [-0.15, -0.1) is 0 Å². The van der Waals surface area contributed by atoms with E-state index in [2.05, 4.69) is 0 Å². The molecule has 12 nitrogen and oxygen atoms in total. The summed E-state index contributed by atoms with van der Waals surface area (Å²) < 4.78 is 54.4. The Hall–Kier alpha value is -1.32. The van der Waals surface area contributed by atoms with Crippen LogP contribution in [0.5, 0.6) is 0 Å². The Balaban J connectivity index is 0. The minimum absolute atomic E-state index is 2.00. The van der Waals surface area contributed by atoms with E-state index < -0.39 is 43.0 Å². The molecule has 0 aromatic heterocycles. The summed E-state index contributed by atoms with van der Waals surface area (Å²) in [6.07, 6.45) is 0. The summed E-state index contributed by atoms with van der Waals surface area (Å²) >= 11 is 0. The van der Waals surface area contributed by atoms with Crippen molar-refractivity contribution in [2.75, 3.05) is 0 Å². The van der Waals surface area contributed by atoms with Crippen LogP contribution < -0.4 is 0 Å². The largest absolute Gasteiger partial charge is 0.478 e. The molecule has 0 aromatic rings. The lowest BCUT2D eigenvalue weighted by molar-refractivity contribution is -0.143. The van der Waals surface area contributed by atoms with E-state index in [1.54, 1.807) is 0 Å². The van der Waals surface area contributed by atoms with Gasteiger partial charge in [-0.1, -0.05) is 0 Å². The Morgan fingerprint density at radius 3 is 0.889 bits per heavy atom. The summed E-state index contributed by atoms with van der Waals surface area (Å²) in [6, 6.07) is 0. The molecule has 0 aliphatic heterocycles. The van der Waals surface area contributed by atoms with Gasteiger partial charge in [-0.05, 0) is 0 Å². The van der Waals surface area contributed by atoms with Crippen molar-refractivity contribution < 1.29 is 56.0 Å². The van der Waals surface area contributed by atoms with Crippen LogP contribution in [0.1, 0.15) is 0 Å². The normalized spacial score (nSPS) is 14.9. The lowest BCUT2D eigenvalue weighted by atomic mass is 10.7. The van der Waals surface area contributed by atoms with Crippen molar-refractivity contribution in [3.63, 3.8) is 0 Å². The van der Waals surface area contributed by atoms with Crippen LogP contribution in [0.2, 0.25) is 0 Å². The molecule has 0 amide bonds. The van der Waals surface area contributed by atoms with Gasteiger partial charge >= 0.3 is 32.2 Å². The number of carboxylic acid groups (broad SMARTS) is 2. The lowest BCUT2D eigenvalue weighted by Gasteiger charge is -1.97. The second-order valence-corrected chi connectivity index (χ2v) is 5.36. The molecule has 0 heterocycles. The molecular weight excluding hydrogens is 304 g/mol. The number of carbonyl (C=O) groups is 2. The smallest absolute Gasteiger partial charge is 0.351 e. The van der Waals surface area contributed by atoms with E-state index in [1.807, 2.05) is 0 Å². The van der Waals surface area contributed by atoms with Crippen LogP contribution >= 0.6 is 0 Å². The third kappa shape index (κ3) is 7.87. The minimum Gasteiger partial charge on any atom is -0.478 e. The summed E-state index contributed by atoms with van der Waals surface area (Å²) in [4.78, 5) is 19.1. The third-order valence-corrected chi connectivity index (χ3v) is 2.52. The van der Waals surface area contributed by atoms with Gasteiger partial charge in [0.15, 0.2) is 0 Å². The van der Waals surface area contributed by atoms with Crippen molar-refractivity contribution in [3.05, 3.63) is 0 Å². The number of aliphatic hydroxyl groups is 2. The monoisotopic (exact) mass is 312 g/mol. The first-order valence-corrected chi connectivity index (χ1v) is 6.46. The van der Waals surface area contributed by atoms with Crippen LogP contribution in [-0.2, 0) is 29.8 Å². The molecule has 0 aliphatic rings. The molecule has 6 N–H and O–H groups in total. The number of hydrogen-bond acceptors (Lipinski definition) is 8. The van der Waals surface area contributed by atoms with Gasteiger partial charge < -0.3 is 20.4 Å². The van der Waals surface area contributed by atoms with E-state index in [4.69, 9.17) is 29.5 Å². The van der Waals surface area contributed by atoms with Crippen molar-refractivity contribution in [3.8, 4) is 0 Å². The predicted octanol–water partition coefficient (Wildman–Crippen LogP) is -3.45. The first-order valence-electron chi connectivity index (χ1n) is 3.45. The standard InChI is InChI=1S/2C2H4O6S/c2*3-1(4)2(5)9(6,7)8/h2*2,5H,(H,3,4)(H,6,7,8). The average molecular weight is 312 g/mol. The molecule has 0 bridgehead atoms. The molecule has 14 heteroatoms. The molecule has 0 rings (SSSR count). The zero-order chi connectivity index (χ0) is 15.3. The summed E-state index contributed by atoms with van der Waals surface area (Å²) in [7, 11) is -9.69. The highest BCUT2D eigenvalue weighted by Crippen LogP contribution is 1.92. The number of hydrogen-bond donors (Lipinski definition) is 6. The second-order valence-electron chi connectivity index (χ2n) is 2.41. The van der Waals surface area contributed by atoms with Gasteiger partial charge in [-0.25, -0.2) is 9.59 Å². The number of rotatable bonds is 4. The fraction of sp³-hybridized carbons (Fsp3) is 0.500. The Morgan fingerprint density at radius 2 is 0.889 bits per heavy atom. The van der Waals surface area contributed by atoms with Crippen molar-refractivity contribution in [1.29, 1.82) is 0 Å². The van der Waals surface area contributed by atoms with Crippen LogP contribution in [0.25, 0.3) is 0 Å². The zero-order valence-electron chi connectivity index (χ0n) is 8.10. The Kier molecular flexibility index (Phi) is 6.95. The molecule has 0 saturated heterocycles. The molecule has 0 radical (unpaired) electrons. The fourth-order valence-electron chi connectivity index (χ4n) is 0.255. The van der Waals surface area contributed by atoms with Crippen LogP contribution in [0, 0.1) is 0 Å². The average Bonchev–Trinajstić information content (AvgIpc) is 2.13. The third-order valence-electron chi connectivity index (χ3n) is 0.987. The molecule has 0 aliphatic carbocycles. The van der Waals surface area contributed by atoms with Gasteiger partial charge in [-0.2, -0.15) is 16.8 Å². The zero-order valence-corrected chi connectivity index (χ0v) is 9.74. The highest BCUT2D eigenvalue weighted by atomic mass is 32.2. The van der Waals surface area contributed by atoms with Gasteiger partial charge in [-0.3, -0.25) is 9.11 Å². The van der Waals surface area contributed by atoms with Crippen molar-refractivity contribution >= 4 is 32.2 Å². The van der Waals surface area contributed by atoms with E-state index in [-0.39, 0.29) is 0 Å². The summed E-state index contributed by atoms with van der Waals surface area (Å²) in [5.41, 5.74) is -5.48. The predicted molar refractivity (Wildman–Crippen MR) is 50.4 cm³/mol. The Labute approximate surface area is 99.6 Å². The molecule has 18 heavy (non-hydrogen) atoms. The molecule has 0 spiro atoms. The molecule has 0 saturated carbocycles. The molecular formula is C4H8O12S2. The van der Waals surface area contributed by atoms with Gasteiger partial charge in [0.1, 0.15) is 0 Å². The maximum atomic E-state index is 9.70. The first-order chi connectivity index (χ1) is 7.71. The number of aliphatic hydroxyl groups excluding tert-OH is 2. The van der Waals surface area contributed by atoms with Crippen LogP contribution in [0.3, 0.4) is 0 Å². The summed E-state index contributed by atoms with van der Waals surface area (Å²) in [5, 5.41) is 31.5. The minimum atomic E-state index is -4.85. The Bertz CT molecular complexity index is 450. The SMILES string of the molecule is O=C(O)C(O)S(=O)(=O)O.O=C(O)C(O)S(=O)(=O)O. The maximum absolute atomic E-state index is 9.70. The second kappa shape index (κ2) is 6.57. The number of carboxylic acids is 2. The van der Waals surface area contributed by atoms with Gasteiger partial charge in [0.05, 0.1) is 0 Å². The van der Waals surface area contributed by atoms with Crippen LogP contribution in [0.4, 0.5) is 0 Å². The topological polar surface area (TPSA) is 224 Å². The molecule has 108 valence electrons. The number of aliphatic carboxylic acids is 2. The van der Waals surface area contributed by atoms with Crippen molar-refractivity contribution in [2.24, 2.45) is 0 Å². The van der Waals surface area contributed by atoms with Crippen LogP contribution in [-0.4, -0.2) is 69.2 Å². The van der Waals surface area contributed by atoms with Crippen molar-refractivity contribution in [1.82, 2.24) is 0 Å². The van der Waals surface area contributed by atoms with Crippen LogP contribution in [0.15, 0.2) is 0 Å². The maximum Gasteiger partial charge on any atom is 0.351 e. The van der Waals surface area contributed by atoms with Gasteiger partial charge in [0.2, 0.25) is 0 Å². The van der Waals surface area contributed by atoms with Gasteiger partial charge in [0.25, 0.3) is 10.9 Å². The quantitative estimate of drug-likeness (QED) is 0.279. The van der Waals surface area contributed by atoms with E-state index in [9.17, 15) is 26.4 Å². The highest BCUT2D eigenvalue weighted by Gasteiger charge is 2.27. The van der Waals surface area contributed by atoms with Crippen molar-refractivity contribution in [2.45, 2.75) is 10.9 Å². The lowest BCUT2D eigenvalue weighted by Crippen LogP contribution is -2.28. The van der Waals surface area contributed by atoms with E-state index >= 15 is 0 Å². The summed E-state index contributed by atoms with van der Waals surface area (Å²) in [5.74, 6) is -4.00. The first kappa shape index (κ1) is 19.0. The van der Waals surface area contributed by atoms with E-state index in [1.165, 1.54) is 0 Å². The molecule has 2 unspecified atom stereocenters. The van der Waals surface area contributed by atoms with E-state index in [0.29, 0.717) is 0 Å². The highest BCUT2D eigenvalue weighted by molar-refractivity contribution is 7.87. The molecule has 2 atom stereocenters. The molecule has 0 fully saturated rings.